The molecule has 0 radical (unpaired) electrons. The lowest BCUT2D eigenvalue weighted by atomic mass is 9.85. The van der Waals surface area contributed by atoms with Gasteiger partial charge in [0.2, 0.25) is 0 Å². The van der Waals surface area contributed by atoms with E-state index in [2.05, 4.69) is 15.0 Å². The number of piperazine rings is 1. The summed E-state index contributed by atoms with van der Waals surface area (Å²) in [6.45, 7) is 4.76. The van der Waals surface area contributed by atoms with E-state index in [0.29, 0.717) is 19.1 Å². The summed E-state index contributed by atoms with van der Waals surface area (Å²) in [4.78, 5) is 2.33. The first kappa shape index (κ1) is 25.2. The number of rotatable bonds is 6. The Kier molecular flexibility index (Phi) is 10.3. The van der Waals surface area contributed by atoms with Crippen LogP contribution in [0.5, 0.6) is 5.75 Å². The van der Waals surface area contributed by atoms with E-state index in [-0.39, 0.29) is 36.6 Å². The Morgan fingerprint density at radius 3 is 2.36 bits per heavy atom. The second kappa shape index (κ2) is 11.4. The predicted octanol–water partition coefficient (Wildman–Crippen LogP) is 4.14. The second-order valence-corrected chi connectivity index (χ2v) is 6.72. The van der Waals surface area contributed by atoms with E-state index in [0.717, 1.165) is 44.6 Å². The summed E-state index contributed by atoms with van der Waals surface area (Å²) >= 11 is 0. The summed E-state index contributed by atoms with van der Waals surface area (Å²) in [5, 5.41) is 3.31. The van der Waals surface area contributed by atoms with Crippen LogP contribution in [0.1, 0.15) is 24.4 Å². The van der Waals surface area contributed by atoms with Crippen LogP contribution in [0.15, 0.2) is 24.3 Å². The molecule has 28 heavy (non-hydrogen) atoms. The van der Waals surface area contributed by atoms with E-state index in [1.165, 1.54) is 12.1 Å². The lowest BCUT2D eigenvalue weighted by molar-refractivity contribution is -0.253. The fraction of sp³-hybridized carbons (Fsp3) is 0.667. The maximum atomic E-state index is 13.3. The second-order valence-electron chi connectivity index (χ2n) is 6.72. The zero-order valence-corrected chi connectivity index (χ0v) is 16.9. The zero-order chi connectivity index (χ0) is 18.6. The molecule has 4 nitrogen and oxygen atoms in total. The molecular weight excluding hydrogens is 423 g/mol. The highest BCUT2D eigenvalue weighted by Gasteiger charge is 2.44. The van der Waals surface area contributed by atoms with Crippen LogP contribution < -0.4 is 10.1 Å². The Labute approximate surface area is 174 Å². The molecule has 1 aromatic carbocycles. The molecule has 0 spiro atoms. The van der Waals surface area contributed by atoms with Gasteiger partial charge in [0.05, 0.1) is 0 Å². The van der Waals surface area contributed by atoms with Crippen molar-refractivity contribution in [3.63, 3.8) is 0 Å². The molecule has 2 heterocycles. The third kappa shape index (κ3) is 6.35. The molecule has 162 valence electrons. The molecule has 1 aromatic rings. The highest BCUT2D eigenvalue weighted by molar-refractivity contribution is 5.85. The Balaban J connectivity index is 0.00000196. The molecule has 2 saturated heterocycles. The predicted molar refractivity (Wildman–Crippen MR) is 103 cm³/mol. The maximum Gasteiger partial charge on any atom is 0.461 e. The summed E-state index contributed by atoms with van der Waals surface area (Å²) in [6.07, 6.45) is -6.60. The highest BCUT2D eigenvalue weighted by Crippen LogP contribution is 2.37. The van der Waals surface area contributed by atoms with Gasteiger partial charge in [-0.15, -0.1) is 24.8 Å². The molecule has 0 aliphatic carbocycles. The summed E-state index contributed by atoms with van der Waals surface area (Å²) in [5.41, 5.74) is 0.821. The fourth-order valence-electron chi connectivity index (χ4n) is 3.74. The van der Waals surface area contributed by atoms with Gasteiger partial charge < -0.3 is 14.8 Å². The number of benzene rings is 1. The molecule has 0 aromatic heterocycles. The lowest BCUT2D eigenvalue weighted by Gasteiger charge is -2.41. The van der Waals surface area contributed by atoms with Crippen molar-refractivity contribution >= 4 is 24.8 Å². The van der Waals surface area contributed by atoms with Crippen molar-refractivity contribution in [2.24, 2.45) is 5.92 Å². The van der Waals surface area contributed by atoms with E-state index in [1.54, 1.807) is 6.07 Å². The van der Waals surface area contributed by atoms with Gasteiger partial charge in [0.15, 0.2) is 0 Å². The number of hydrogen-bond donors (Lipinski definition) is 1. The van der Waals surface area contributed by atoms with E-state index < -0.39 is 12.5 Å². The van der Waals surface area contributed by atoms with Crippen LogP contribution in [0.3, 0.4) is 0 Å². The average Bonchev–Trinajstić information content (AvgIpc) is 2.64. The minimum absolute atomic E-state index is 0. The van der Waals surface area contributed by atoms with Gasteiger partial charge in [-0.1, -0.05) is 12.1 Å². The van der Waals surface area contributed by atoms with E-state index >= 15 is 0 Å². The quantitative estimate of drug-likeness (QED) is 0.663. The Hall–Kier alpha value is -0.800. The highest BCUT2D eigenvalue weighted by atomic mass is 35.5. The number of nitrogens with one attached hydrogen (secondary N) is 1. The van der Waals surface area contributed by atoms with Gasteiger partial charge in [-0.3, -0.25) is 4.90 Å². The standard InChI is InChI=1S/C18H24F4N2O2.2ClH/c19-17(20)18(21,22)26-15-3-1-2-14(12-15)16(13-4-10-25-11-5-13)24-8-6-23-7-9-24;;/h1-3,12-13,16-17,23H,4-11H2;2*1H/t16-;;/m1../s1. The largest absolute Gasteiger partial charge is 0.461 e. The molecule has 2 aliphatic rings. The van der Waals surface area contributed by atoms with Gasteiger partial charge in [0.1, 0.15) is 5.75 Å². The van der Waals surface area contributed by atoms with Gasteiger partial charge in [0, 0.05) is 45.4 Å². The Morgan fingerprint density at radius 2 is 1.75 bits per heavy atom. The molecular formula is C18H26Cl2F4N2O2. The summed E-state index contributed by atoms with van der Waals surface area (Å²) < 4.78 is 61.1. The SMILES string of the molecule is Cl.Cl.FC(F)C(F)(F)Oc1cccc([C@@H](C2CCOCC2)N2CCNCC2)c1. The molecule has 1 N–H and O–H groups in total. The van der Waals surface area contributed by atoms with Gasteiger partial charge in [-0.25, -0.2) is 0 Å². The van der Waals surface area contributed by atoms with Crippen molar-refractivity contribution < 1.29 is 27.0 Å². The fourth-order valence-corrected chi connectivity index (χ4v) is 3.74. The number of hydrogen-bond acceptors (Lipinski definition) is 4. The number of alkyl halides is 4. The first-order valence-electron chi connectivity index (χ1n) is 8.95. The van der Waals surface area contributed by atoms with Crippen molar-refractivity contribution in [1.82, 2.24) is 10.2 Å². The summed E-state index contributed by atoms with van der Waals surface area (Å²) in [7, 11) is 0. The first-order chi connectivity index (χ1) is 12.5. The molecule has 2 aliphatic heterocycles. The number of nitrogens with zero attached hydrogens (tertiary/aromatic N) is 1. The van der Waals surface area contributed by atoms with E-state index in [9.17, 15) is 17.6 Å². The molecule has 0 saturated carbocycles. The smallest absolute Gasteiger partial charge is 0.428 e. The van der Waals surface area contributed by atoms with Crippen LogP contribution >= 0.6 is 24.8 Å². The molecule has 0 unspecified atom stereocenters. The number of halogens is 6. The van der Waals surface area contributed by atoms with Crippen LogP contribution in [-0.2, 0) is 4.74 Å². The van der Waals surface area contributed by atoms with Crippen LogP contribution in [0.2, 0.25) is 0 Å². The van der Waals surface area contributed by atoms with E-state index in [1.807, 2.05) is 6.07 Å². The maximum absolute atomic E-state index is 13.3. The molecule has 0 bridgehead atoms. The van der Waals surface area contributed by atoms with Crippen molar-refractivity contribution in [2.45, 2.75) is 31.4 Å². The minimum Gasteiger partial charge on any atom is -0.428 e. The average molecular weight is 449 g/mol. The topological polar surface area (TPSA) is 33.7 Å². The summed E-state index contributed by atoms with van der Waals surface area (Å²) in [6, 6.07) is 6.23. The lowest BCUT2D eigenvalue weighted by Crippen LogP contribution is -2.47. The Bertz CT molecular complexity index is 568. The summed E-state index contributed by atoms with van der Waals surface area (Å²) in [5.74, 6) is 0.0905. The van der Waals surface area contributed by atoms with Crippen LogP contribution in [0.4, 0.5) is 17.6 Å². The monoisotopic (exact) mass is 448 g/mol. The van der Waals surface area contributed by atoms with Crippen LogP contribution in [0, 0.1) is 5.92 Å². The normalized spacial score (nSPS) is 20.2. The van der Waals surface area contributed by atoms with Crippen molar-refractivity contribution in [2.75, 3.05) is 39.4 Å². The van der Waals surface area contributed by atoms with Crippen LogP contribution in [0.25, 0.3) is 0 Å². The van der Waals surface area contributed by atoms with Gasteiger partial charge in [-0.05, 0) is 36.5 Å². The Morgan fingerprint density at radius 1 is 1.11 bits per heavy atom. The van der Waals surface area contributed by atoms with Gasteiger partial charge >= 0.3 is 12.5 Å². The zero-order valence-electron chi connectivity index (χ0n) is 15.3. The van der Waals surface area contributed by atoms with Gasteiger partial charge in [0.25, 0.3) is 0 Å². The van der Waals surface area contributed by atoms with E-state index in [4.69, 9.17) is 4.74 Å². The third-order valence-corrected chi connectivity index (χ3v) is 4.97. The molecule has 3 rings (SSSR count). The molecule has 0 amide bonds. The van der Waals surface area contributed by atoms with Gasteiger partial charge in [-0.2, -0.15) is 17.6 Å². The minimum atomic E-state index is -4.50. The molecule has 2 fully saturated rings. The number of ether oxygens (including phenoxy) is 2. The van der Waals surface area contributed by atoms with Crippen molar-refractivity contribution in [3.8, 4) is 5.75 Å². The van der Waals surface area contributed by atoms with Crippen molar-refractivity contribution in [1.29, 1.82) is 0 Å². The first-order valence-corrected chi connectivity index (χ1v) is 8.95. The van der Waals surface area contributed by atoms with Crippen molar-refractivity contribution in [3.05, 3.63) is 29.8 Å². The molecule has 10 heteroatoms. The third-order valence-electron chi connectivity index (χ3n) is 4.97. The van der Waals surface area contributed by atoms with Crippen LogP contribution in [-0.4, -0.2) is 56.8 Å². The molecule has 1 atom stereocenters.